The van der Waals surface area contributed by atoms with Crippen LogP contribution in [0.15, 0.2) is 4.47 Å². The lowest BCUT2D eigenvalue weighted by molar-refractivity contribution is -0.386. The number of ether oxygens (including phenoxy) is 1. The molecule has 0 aliphatic rings. The molecule has 3 N–H and O–H groups in total. The summed E-state index contributed by atoms with van der Waals surface area (Å²) in [6.07, 6.45) is -0.0515. The second kappa shape index (κ2) is 6.19. The Bertz CT molecular complexity index is 574. The third-order valence-electron chi connectivity index (χ3n) is 3.10. The average Bonchev–Trinajstić information content (AvgIpc) is 2.39. The number of aromatic hydroxyl groups is 1. The van der Waals surface area contributed by atoms with Gasteiger partial charge in [-0.3, -0.25) is 14.9 Å². The number of rotatable bonds is 4. The fourth-order valence-corrected chi connectivity index (χ4v) is 2.42. The summed E-state index contributed by atoms with van der Waals surface area (Å²) in [4.78, 5) is 21.9. The van der Waals surface area contributed by atoms with Crippen LogP contribution >= 0.6 is 15.9 Å². The lowest BCUT2D eigenvalue weighted by atomic mass is 9.96. The van der Waals surface area contributed by atoms with Gasteiger partial charge in [-0.15, -0.1) is 0 Å². The van der Waals surface area contributed by atoms with Gasteiger partial charge in [0.1, 0.15) is 11.8 Å². The van der Waals surface area contributed by atoms with Crippen molar-refractivity contribution in [1.82, 2.24) is 0 Å². The van der Waals surface area contributed by atoms with Crippen molar-refractivity contribution >= 4 is 27.6 Å². The quantitative estimate of drug-likeness (QED) is 0.487. The zero-order valence-corrected chi connectivity index (χ0v) is 12.9. The minimum atomic E-state index is -1.00. The van der Waals surface area contributed by atoms with Gasteiger partial charge in [0.2, 0.25) is 0 Å². The van der Waals surface area contributed by atoms with Crippen molar-refractivity contribution in [2.75, 3.05) is 7.11 Å². The molecule has 0 fully saturated rings. The number of halogens is 1. The maximum atomic E-state index is 11.3. The van der Waals surface area contributed by atoms with Gasteiger partial charge in [-0.05, 0) is 29.8 Å². The fraction of sp³-hybridized carbons (Fsp3) is 0.417. The van der Waals surface area contributed by atoms with Crippen LogP contribution in [0, 0.1) is 24.0 Å². The lowest BCUT2D eigenvalue weighted by Crippen LogP contribution is -2.34. The summed E-state index contributed by atoms with van der Waals surface area (Å²) in [7, 11) is 1.20. The molecule has 0 saturated carbocycles. The number of nitrogens with two attached hydrogens (primary N) is 1. The predicted octanol–water partition coefficient (Wildman–Crippen LogP) is 1.72. The van der Waals surface area contributed by atoms with Crippen molar-refractivity contribution in [1.29, 1.82) is 0 Å². The van der Waals surface area contributed by atoms with Crippen LogP contribution in [0.2, 0.25) is 0 Å². The molecule has 1 aromatic rings. The molecule has 0 bridgehead atoms. The standard InChI is InChI=1S/C12H15BrN2O5/c1-5-7(4-8(14)12(17)20-3)11(16)9(13)6(2)10(5)15(18)19/h8,16H,4,14H2,1-3H3. The van der Waals surface area contributed by atoms with Gasteiger partial charge in [-0.25, -0.2) is 0 Å². The highest BCUT2D eigenvalue weighted by Crippen LogP contribution is 2.40. The van der Waals surface area contributed by atoms with Crippen molar-refractivity contribution in [3.05, 3.63) is 31.3 Å². The van der Waals surface area contributed by atoms with Gasteiger partial charge >= 0.3 is 5.97 Å². The highest BCUT2D eigenvalue weighted by atomic mass is 79.9. The Morgan fingerprint density at radius 2 is 2.05 bits per heavy atom. The van der Waals surface area contributed by atoms with Crippen molar-refractivity contribution in [3.63, 3.8) is 0 Å². The van der Waals surface area contributed by atoms with Crippen LogP contribution in [-0.2, 0) is 16.0 Å². The molecule has 0 aliphatic heterocycles. The molecule has 1 aromatic carbocycles. The molecule has 20 heavy (non-hydrogen) atoms. The second-order valence-corrected chi connectivity index (χ2v) is 5.12. The number of phenolic OH excluding ortho intramolecular Hbond substituents is 1. The first-order chi connectivity index (χ1) is 9.22. The number of benzene rings is 1. The van der Waals surface area contributed by atoms with Gasteiger partial charge in [0.25, 0.3) is 5.69 Å². The van der Waals surface area contributed by atoms with E-state index >= 15 is 0 Å². The predicted molar refractivity (Wildman–Crippen MR) is 75.6 cm³/mol. The molecule has 1 atom stereocenters. The average molecular weight is 347 g/mol. The summed E-state index contributed by atoms with van der Waals surface area (Å²) in [5, 5.41) is 21.2. The van der Waals surface area contributed by atoms with Crippen molar-refractivity contribution in [2.24, 2.45) is 5.73 Å². The Labute approximate surface area is 124 Å². The summed E-state index contributed by atoms with van der Waals surface area (Å²) < 4.78 is 4.73. The van der Waals surface area contributed by atoms with Crippen molar-refractivity contribution < 1.29 is 19.6 Å². The van der Waals surface area contributed by atoms with E-state index in [1.165, 1.54) is 21.0 Å². The first kappa shape index (κ1) is 16.4. The molecule has 0 spiro atoms. The third kappa shape index (κ3) is 2.91. The zero-order chi connectivity index (χ0) is 15.6. The number of nitrogens with zero attached hydrogens (tertiary/aromatic N) is 1. The number of hydrogen-bond donors (Lipinski definition) is 2. The monoisotopic (exact) mass is 346 g/mol. The van der Waals surface area contributed by atoms with E-state index in [1.54, 1.807) is 0 Å². The highest BCUT2D eigenvalue weighted by molar-refractivity contribution is 9.10. The first-order valence-corrected chi connectivity index (χ1v) is 6.49. The number of methoxy groups -OCH3 is 1. The van der Waals surface area contributed by atoms with Gasteiger partial charge in [0.05, 0.1) is 16.5 Å². The molecule has 110 valence electrons. The number of carbonyl (C=O) groups is 1. The van der Waals surface area contributed by atoms with Gasteiger partial charge in [-0.1, -0.05) is 0 Å². The van der Waals surface area contributed by atoms with Crippen LogP contribution < -0.4 is 5.73 Å². The van der Waals surface area contributed by atoms with E-state index in [0.717, 1.165) is 0 Å². The van der Waals surface area contributed by atoms with E-state index in [0.29, 0.717) is 5.56 Å². The maximum Gasteiger partial charge on any atom is 0.322 e. The van der Waals surface area contributed by atoms with E-state index in [9.17, 15) is 20.0 Å². The van der Waals surface area contributed by atoms with E-state index in [4.69, 9.17) is 5.73 Å². The normalized spacial score (nSPS) is 12.1. The molecular formula is C12H15BrN2O5. The minimum Gasteiger partial charge on any atom is -0.506 e. The molecule has 8 heteroatoms. The summed E-state index contributed by atoms with van der Waals surface area (Å²) in [6, 6.07) is -1.00. The minimum absolute atomic E-state index is 0.0515. The molecular weight excluding hydrogens is 332 g/mol. The van der Waals surface area contributed by atoms with Gasteiger partial charge in [0, 0.05) is 23.1 Å². The summed E-state index contributed by atoms with van der Waals surface area (Å²) in [6.45, 7) is 3.04. The van der Waals surface area contributed by atoms with E-state index in [-0.39, 0.29) is 33.5 Å². The van der Waals surface area contributed by atoms with Crippen molar-refractivity contribution in [3.8, 4) is 5.75 Å². The molecule has 0 aliphatic carbocycles. The summed E-state index contributed by atoms with van der Waals surface area (Å²) in [5.41, 5.74) is 6.39. The van der Waals surface area contributed by atoms with Crippen LogP contribution in [-0.4, -0.2) is 29.2 Å². The number of nitro groups is 1. The smallest absolute Gasteiger partial charge is 0.322 e. The van der Waals surface area contributed by atoms with Crippen LogP contribution in [0.4, 0.5) is 5.69 Å². The molecule has 0 saturated heterocycles. The fourth-order valence-electron chi connectivity index (χ4n) is 1.99. The molecule has 0 radical (unpaired) electrons. The Kier molecular flexibility index (Phi) is 5.07. The van der Waals surface area contributed by atoms with Crippen molar-refractivity contribution in [2.45, 2.75) is 26.3 Å². The number of hydrogen-bond acceptors (Lipinski definition) is 6. The molecule has 0 amide bonds. The zero-order valence-electron chi connectivity index (χ0n) is 11.3. The number of carbonyl (C=O) groups excluding carboxylic acids is 1. The molecule has 7 nitrogen and oxygen atoms in total. The van der Waals surface area contributed by atoms with Crippen LogP contribution in [0.25, 0.3) is 0 Å². The Morgan fingerprint density at radius 1 is 1.50 bits per heavy atom. The Hall–Kier alpha value is -1.67. The van der Waals surface area contributed by atoms with E-state index < -0.39 is 16.9 Å². The Balaban J connectivity index is 3.40. The molecule has 0 aromatic heterocycles. The number of phenols is 1. The SMILES string of the molecule is COC(=O)C(N)Cc1c(C)c([N+](=O)[O-])c(C)c(Br)c1O. The number of esters is 1. The van der Waals surface area contributed by atoms with E-state index in [1.807, 2.05) is 0 Å². The number of nitro benzene ring substituents is 1. The molecule has 1 unspecified atom stereocenters. The van der Waals surface area contributed by atoms with Crippen LogP contribution in [0.5, 0.6) is 5.75 Å². The first-order valence-electron chi connectivity index (χ1n) is 5.70. The van der Waals surface area contributed by atoms with Crippen LogP contribution in [0.1, 0.15) is 16.7 Å². The topological polar surface area (TPSA) is 116 Å². The van der Waals surface area contributed by atoms with Gasteiger partial charge in [-0.2, -0.15) is 0 Å². The third-order valence-corrected chi connectivity index (χ3v) is 4.07. The Morgan fingerprint density at radius 3 is 2.50 bits per heavy atom. The maximum absolute atomic E-state index is 11.3. The largest absolute Gasteiger partial charge is 0.506 e. The lowest BCUT2D eigenvalue weighted by Gasteiger charge is -2.16. The molecule has 0 heterocycles. The summed E-state index contributed by atoms with van der Waals surface area (Å²) >= 11 is 3.12. The van der Waals surface area contributed by atoms with Gasteiger partial charge < -0.3 is 15.6 Å². The highest BCUT2D eigenvalue weighted by Gasteiger charge is 2.27. The summed E-state index contributed by atoms with van der Waals surface area (Å²) in [5.74, 6) is -0.798. The van der Waals surface area contributed by atoms with E-state index in [2.05, 4.69) is 20.7 Å². The van der Waals surface area contributed by atoms with Gasteiger partial charge in [0.15, 0.2) is 0 Å². The van der Waals surface area contributed by atoms with Crippen LogP contribution in [0.3, 0.4) is 0 Å². The second-order valence-electron chi connectivity index (χ2n) is 4.33. The molecule has 1 rings (SSSR count).